The van der Waals surface area contributed by atoms with Crippen LogP contribution < -0.4 is 0 Å². The summed E-state index contributed by atoms with van der Waals surface area (Å²) in [7, 11) is -2.31. The zero-order chi connectivity index (χ0) is 15.6. The molecule has 1 aromatic carbocycles. The summed E-state index contributed by atoms with van der Waals surface area (Å²) in [6.07, 6.45) is 1.90. The van der Waals surface area contributed by atoms with Gasteiger partial charge in [-0.15, -0.1) is 0 Å². The first kappa shape index (κ1) is 15.7. The lowest BCUT2D eigenvalue weighted by molar-refractivity contribution is 0.386. The molecule has 21 heavy (non-hydrogen) atoms. The Labute approximate surface area is 123 Å². The van der Waals surface area contributed by atoms with Gasteiger partial charge in [0.05, 0.1) is 6.20 Å². The fourth-order valence-corrected chi connectivity index (χ4v) is 3.30. The summed E-state index contributed by atoms with van der Waals surface area (Å²) in [5, 5.41) is 0.0186. The molecule has 0 bridgehead atoms. The van der Waals surface area contributed by atoms with E-state index < -0.39 is 21.9 Å². The molecular weight excluding hydrogens is 293 g/mol. The van der Waals surface area contributed by atoms with Gasteiger partial charge >= 0.3 is 0 Å². The average Bonchev–Trinajstić information content (AvgIpc) is 2.96. The number of hydrogen-bond acceptors (Lipinski definition) is 3. The Morgan fingerprint density at radius 3 is 2.62 bits per heavy atom. The molecule has 0 fully saturated rings. The van der Waals surface area contributed by atoms with Crippen molar-refractivity contribution in [1.29, 1.82) is 0 Å². The van der Waals surface area contributed by atoms with Crippen molar-refractivity contribution in [1.82, 2.24) is 14.3 Å². The molecule has 1 atom stereocenters. The average molecular weight is 311 g/mol. The molecule has 0 radical (unpaired) electrons. The second-order valence-electron chi connectivity index (χ2n) is 4.77. The first-order valence-corrected chi connectivity index (χ1v) is 8.08. The van der Waals surface area contributed by atoms with E-state index in [1.807, 2.05) is 6.92 Å². The third kappa shape index (κ3) is 2.98. The van der Waals surface area contributed by atoms with Crippen LogP contribution in [-0.4, -0.2) is 29.7 Å². The van der Waals surface area contributed by atoms with Crippen molar-refractivity contribution in [2.75, 3.05) is 7.05 Å². The van der Waals surface area contributed by atoms with Crippen molar-refractivity contribution in [3.63, 3.8) is 0 Å². The van der Waals surface area contributed by atoms with Crippen LogP contribution in [0.3, 0.4) is 0 Å². The van der Waals surface area contributed by atoms with Gasteiger partial charge in [0.2, 0.25) is 0 Å². The smallest absolute Gasteiger partial charge is 0.260 e. The van der Waals surface area contributed by atoms with E-state index in [9.17, 15) is 12.8 Å². The van der Waals surface area contributed by atoms with Crippen LogP contribution in [0.1, 0.15) is 31.3 Å². The van der Waals surface area contributed by atoms with E-state index in [0.29, 0.717) is 17.8 Å². The summed E-state index contributed by atoms with van der Waals surface area (Å²) in [4.78, 5) is 6.77. The van der Waals surface area contributed by atoms with Gasteiger partial charge in [0, 0.05) is 25.1 Å². The zero-order valence-electron chi connectivity index (χ0n) is 12.2. The largest absolute Gasteiger partial charge is 0.332 e. The monoisotopic (exact) mass is 311 g/mol. The van der Waals surface area contributed by atoms with Crippen molar-refractivity contribution >= 4 is 10.0 Å². The number of imidazole rings is 1. The highest BCUT2D eigenvalue weighted by atomic mass is 32.2. The highest BCUT2D eigenvalue weighted by molar-refractivity contribution is 7.89. The number of aryl methyl sites for hydroxylation is 1. The Bertz CT molecular complexity index is 727. The molecule has 2 aromatic rings. The number of sulfonamides is 1. The van der Waals surface area contributed by atoms with E-state index >= 15 is 0 Å². The molecule has 0 spiro atoms. The Kier molecular flexibility index (Phi) is 4.43. The quantitative estimate of drug-likeness (QED) is 0.922. The minimum atomic E-state index is -3.74. The molecule has 0 amide bonds. The Morgan fingerprint density at radius 1 is 1.38 bits per heavy atom. The van der Waals surface area contributed by atoms with Gasteiger partial charge in [0.15, 0.2) is 5.03 Å². The summed E-state index contributed by atoms with van der Waals surface area (Å²) < 4.78 is 40.0. The number of rotatable bonds is 5. The van der Waals surface area contributed by atoms with Crippen molar-refractivity contribution < 1.29 is 12.8 Å². The Hall–Kier alpha value is -1.73. The summed E-state index contributed by atoms with van der Waals surface area (Å²) in [6.45, 7) is 3.52. The van der Waals surface area contributed by atoms with Crippen molar-refractivity contribution in [3.8, 4) is 0 Å². The number of halogens is 1. The second kappa shape index (κ2) is 5.95. The fraction of sp³-hybridized carbons (Fsp3) is 0.357. The first-order valence-electron chi connectivity index (χ1n) is 6.64. The number of benzene rings is 1. The van der Waals surface area contributed by atoms with Crippen LogP contribution in [0.25, 0.3) is 0 Å². The molecule has 0 saturated carbocycles. The summed E-state index contributed by atoms with van der Waals surface area (Å²) in [6, 6.07) is 5.53. The number of H-pyrrole nitrogens is 1. The van der Waals surface area contributed by atoms with E-state index in [0.717, 1.165) is 4.31 Å². The van der Waals surface area contributed by atoms with Gasteiger partial charge in [-0.1, -0.05) is 25.1 Å². The van der Waals surface area contributed by atoms with Crippen molar-refractivity contribution in [2.24, 2.45) is 0 Å². The number of aromatic amines is 1. The molecule has 0 aliphatic rings. The molecule has 7 heteroatoms. The normalized spacial score (nSPS) is 13.6. The maximum absolute atomic E-state index is 13.8. The SMILES string of the molecule is CCc1ncc(S(=O)(=O)N(C)C(C)c2ccccc2F)[nH]1. The number of hydrogen-bond donors (Lipinski definition) is 1. The van der Waals surface area contributed by atoms with E-state index in [1.165, 1.54) is 19.3 Å². The Morgan fingerprint density at radius 2 is 2.05 bits per heavy atom. The lowest BCUT2D eigenvalue weighted by Gasteiger charge is -2.24. The van der Waals surface area contributed by atoms with Gasteiger partial charge in [-0.3, -0.25) is 0 Å². The first-order chi connectivity index (χ1) is 9.87. The molecule has 2 rings (SSSR count). The minimum absolute atomic E-state index is 0.0186. The summed E-state index contributed by atoms with van der Waals surface area (Å²) in [5.74, 6) is 0.173. The maximum atomic E-state index is 13.8. The highest BCUT2D eigenvalue weighted by Gasteiger charge is 2.29. The van der Waals surface area contributed by atoms with Gasteiger partial charge in [0.1, 0.15) is 11.6 Å². The van der Waals surface area contributed by atoms with E-state index in [2.05, 4.69) is 9.97 Å². The topological polar surface area (TPSA) is 66.1 Å². The molecule has 1 N–H and O–H groups in total. The fourth-order valence-electron chi connectivity index (χ4n) is 2.03. The molecule has 114 valence electrons. The van der Waals surface area contributed by atoms with Gasteiger partial charge in [-0.05, 0) is 13.0 Å². The van der Waals surface area contributed by atoms with Crippen LogP contribution in [0.15, 0.2) is 35.5 Å². The van der Waals surface area contributed by atoms with Gasteiger partial charge in [0.25, 0.3) is 10.0 Å². The lowest BCUT2D eigenvalue weighted by atomic mass is 10.1. The molecular formula is C14H18FN3O2S. The van der Waals surface area contributed by atoms with Gasteiger partial charge in [-0.2, -0.15) is 4.31 Å². The molecule has 1 unspecified atom stereocenters. The highest BCUT2D eigenvalue weighted by Crippen LogP contribution is 2.26. The third-order valence-corrected chi connectivity index (χ3v) is 5.34. The van der Waals surface area contributed by atoms with Crippen LogP contribution in [0.4, 0.5) is 4.39 Å². The number of aromatic nitrogens is 2. The molecule has 0 aliphatic heterocycles. The van der Waals surface area contributed by atoms with Crippen molar-refractivity contribution in [3.05, 3.63) is 47.7 Å². The molecule has 0 aliphatic carbocycles. The van der Waals surface area contributed by atoms with Gasteiger partial charge in [-0.25, -0.2) is 17.8 Å². The molecule has 1 heterocycles. The predicted octanol–water partition coefficient (Wildman–Crippen LogP) is 2.49. The van der Waals surface area contributed by atoms with E-state index in [-0.39, 0.29) is 5.03 Å². The van der Waals surface area contributed by atoms with Crippen LogP contribution in [0.2, 0.25) is 0 Å². The van der Waals surface area contributed by atoms with Gasteiger partial charge < -0.3 is 4.98 Å². The lowest BCUT2D eigenvalue weighted by Crippen LogP contribution is -2.30. The van der Waals surface area contributed by atoms with E-state index in [1.54, 1.807) is 25.1 Å². The van der Waals surface area contributed by atoms with Crippen LogP contribution >= 0.6 is 0 Å². The predicted molar refractivity (Wildman–Crippen MR) is 77.7 cm³/mol. The minimum Gasteiger partial charge on any atom is -0.332 e. The summed E-state index contributed by atoms with van der Waals surface area (Å²) in [5.41, 5.74) is 0.332. The molecule has 1 aromatic heterocycles. The maximum Gasteiger partial charge on any atom is 0.260 e. The Balaban J connectivity index is 2.34. The molecule has 5 nitrogen and oxygen atoms in total. The number of nitrogens with zero attached hydrogens (tertiary/aromatic N) is 2. The number of nitrogens with one attached hydrogen (secondary N) is 1. The van der Waals surface area contributed by atoms with E-state index in [4.69, 9.17) is 0 Å². The van der Waals surface area contributed by atoms with Crippen molar-refractivity contribution in [2.45, 2.75) is 31.3 Å². The standard InChI is InChI=1S/C14H18FN3O2S/c1-4-13-16-9-14(17-13)21(19,20)18(3)10(2)11-7-5-6-8-12(11)15/h5-10H,4H2,1-3H3,(H,16,17). The second-order valence-corrected chi connectivity index (χ2v) is 6.73. The molecule has 0 saturated heterocycles. The van der Waals surface area contributed by atoms with Crippen LogP contribution in [0, 0.1) is 5.82 Å². The zero-order valence-corrected chi connectivity index (χ0v) is 13.0. The van der Waals surface area contributed by atoms with Crippen LogP contribution in [-0.2, 0) is 16.4 Å². The van der Waals surface area contributed by atoms with Crippen LogP contribution in [0.5, 0.6) is 0 Å². The summed E-state index contributed by atoms with van der Waals surface area (Å²) >= 11 is 0. The third-order valence-electron chi connectivity index (χ3n) is 3.50.